The lowest BCUT2D eigenvalue weighted by atomic mass is 9.98. The van der Waals surface area contributed by atoms with E-state index in [1.165, 1.54) is 6.07 Å². The molecule has 5 heteroatoms. The number of rotatable bonds is 4. The Morgan fingerprint density at radius 1 is 1.25 bits per heavy atom. The van der Waals surface area contributed by atoms with E-state index < -0.39 is 5.82 Å². The predicted octanol–water partition coefficient (Wildman–Crippen LogP) is 4.56. The first-order valence-electron chi connectivity index (χ1n) is 6.02. The summed E-state index contributed by atoms with van der Waals surface area (Å²) in [4.78, 5) is 0. The summed E-state index contributed by atoms with van der Waals surface area (Å²) in [6, 6.07) is 10.4. The molecule has 0 aliphatic carbocycles. The van der Waals surface area contributed by atoms with E-state index in [2.05, 4.69) is 21.2 Å². The van der Waals surface area contributed by atoms with Crippen molar-refractivity contribution in [1.29, 1.82) is 0 Å². The Balaban J connectivity index is 2.43. The van der Waals surface area contributed by atoms with E-state index in [-0.39, 0.29) is 11.1 Å². The summed E-state index contributed by atoms with van der Waals surface area (Å²) < 4.78 is 19.7. The highest BCUT2D eigenvalue weighted by Crippen LogP contribution is 2.32. The molecule has 0 spiro atoms. The van der Waals surface area contributed by atoms with E-state index in [1.807, 2.05) is 31.3 Å². The van der Waals surface area contributed by atoms with Crippen molar-refractivity contribution in [3.05, 3.63) is 62.8 Å². The fraction of sp³-hybridized carbons (Fsp3) is 0.200. The van der Waals surface area contributed by atoms with Gasteiger partial charge in [-0.15, -0.1) is 0 Å². The molecular formula is C15H14BrClFNO. The van der Waals surface area contributed by atoms with Crippen LogP contribution in [0.2, 0.25) is 5.02 Å². The topological polar surface area (TPSA) is 21.3 Å². The first-order valence-corrected chi connectivity index (χ1v) is 7.19. The smallest absolute Gasteiger partial charge is 0.142 e. The number of methoxy groups -OCH3 is 1. The van der Waals surface area contributed by atoms with Crippen molar-refractivity contribution in [3.8, 4) is 5.75 Å². The Morgan fingerprint density at radius 3 is 2.55 bits per heavy atom. The Morgan fingerprint density at radius 2 is 2.00 bits per heavy atom. The molecule has 1 atom stereocenters. The summed E-state index contributed by atoms with van der Waals surface area (Å²) in [7, 11) is 3.44. The molecule has 2 rings (SSSR count). The molecule has 0 aromatic heterocycles. The largest absolute Gasteiger partial charge is 0.497 e. The van der Waals surface area contributed by atoms with E-state index in [1.54, 1.807) is 13.2 Å². The maximum Gasteiger partial charge on any atom is 0.142 e. The van der Waals surface area contributed by atoms with Gasteiger partial charge in [-0.2, -0.15) is 0 Å². The second-order valence-electron chi connectivity index (χ2n) is 4.28. The molecule has 1 N–H and O–H groups in total. The zero-order chi connectivity index (χ0) is 14.7. The Labute approximate surface area is 131 Å². The lowest BCUT2D eigenvalue weighted by Gasteiger charge is -2.19. The highest BCUT2D eigenvalue weighted by atomic mass is 79.9. The van der Waals surface area contributed by atoms with Crippen LogP contribution in [-0.4, -0.2) is 14.2 Å². The van der Waals surface area contributed by atoms with E-state index in [4.69, 9.17) is 16.3 Å². The third kappa shape index (κ3) is 3.14. The molecule has 0 amide bonds. The molecule has 0 aliphatic rings. The molecule has 0 saturated heterocycles. The molecule has 2 aromatic carbocycles. The summed E-state index contributed by atoms with van der Waals surface area (Å²) in [5.41, 5.74) is 1.80. The summed E-state index contributed by atoms with van der Waals surface area (Å²) in [6.07, 6.45) is 0. The van der Waals surface area contributed by atoms with Gasteiger partial charge in [0.25, 0.3) is 0 Å². The van der Waals surface area contributed by atoms with Gasteiger partial charge in [-0.25, -0.2) is 4.39 Å². The third-order valence-corrected chi connectivity index (χ3v) is 4.08. The van der Waals surface area contributed by atoms with Crippen LogP contribution >= 0.6 is 27.5 Å². The highest BCUT2D eigenvalue weighted by molar-refractivity contribution is 9.10. The quantitative estimate of drug-likeness (QED) is 0.865. The third-order valence-electron chi connectivity index (χ3n) is 3.08. The monoisotopic (exact) mass is 357 g/mol. The SMILES string of the molecule is CNC(c1ccc(Cl)c(F)c1)c1ccc(OC)cc1Br. The number of halogens is 3. The molecular weight excluding hydrogens is 345 g/mol. The highest BCUT2D eigenvalue weighted by Gasteiger charge is 2.16. The van der Waals surface area contributed by atoms with E-state index in [0.717, 1.165) is 21.3 Å². The van der Waals surface area contributed by atoms with E-state index in [0.29, 0.717) is 0 Å². The first kappa shape index (κ1) is 15.3. The zero-order valence-corrected chi connectivity index (χ0v) is 13.4. The van der Waals surface area contributed by atoms with Gasteiger partial charge in [0.2, 0.25) is 0 Å². The van der Waals surface area contributed by atoms with Crippen molar-refractivity contribution < 1.29 is 9.13 Å². The van der Waals surface area contributed by atoms with Gasteiger partial charge in [-0.05, 0) is 42.4 Å². The Kier molecular flexibility index (Phi) is 5.02. The van der Waals surface area contributed by atoms with Crippen LogP contribution in [0.4, 0.5) is 4.39 Å². The lowest BCUT2D eigenvalue weighted by Crippen LogP contribution is -2.18. The number of ether oxygens (including phenoxy) is 1. The molecule has 0 bridgehead atoms. The first-order chi connectivity index (χ1) is 9.56. The standard InChI is InChI=1S/C15H14BrClFNO/c1-19-15(9-3-6-13(17)14(18)7-9)11-5-4-10(20-2)8-12(11)16/h3-8,15,19H,1-2H3. The minimum atomic E-state index is -0.422. The van der Waals surface area contributed by atoms with Crippen LogP contribution in [-0.2, 0) is 0 Å². The number of nitrogens with one attached hydrogen (secondary N) is 1. The normalized spacial score (nSPS) is 12.2. The minimum Gasteiger partial charge on any atom is -0.497 e. The van der Waals surface area contributed by atoms with Gasteiger partial charge in [0.1, 0.15) is 11.6 Å². The van der Waals surface area contributed by atoms with Crippen molar-refractivity contribution in [3.63, 3.8) is 0 Å². The molecule has 20 heavy (non-hydrogen) atoms. The number of hydrogen-bond acceptors (Lipinski definition) is 2. The summed E-state index contributed by atoms with van der Waals surface area (Å²) >= 11 is 9.24. The van der Waals surface area contributed by atoms with Crippen LogP contribution in [0.1, 0.15) is 17.2 Å². The van der Waals surface area contributed by atoms with Crippen LogP contribution in [0.15, 0.2) is 40.9 Å². The van der Waals surface area contributed by atoms with Crippen LogP contribution in [0.3, 0.4) is 0 Å². The Bertz CT molecular complexity index is 621. The summed E-state index contributed by atoms with van der Waals surface area (Å²) in [6.45, 7) is 0. The molecule has 2 aromatic rings. The van der Waals surface area contributed by atoms with Crippen molar-refractivity contribution >= 4 is 27.5 Å². The van der Waals surface area contributed by atoms with Gasteiger partial charge in [0, 0.05) is 4.47 Å². The summed E-state index contributed by atoms with van der Waals surface area (Å²) in [5.74, 6) is 0.340. The minimum absolute atomic E-state index is 0.123. The van der Waals surface area contributed by atoms with Gasteiger partial charge in [0.05, 0.1) is 18.2 Å². The van der Waals surface area contributed by atoms with E-state index >= 15 is 0 Å². The van der Waals surface area contributed by atoms with Crippen molar-refractivity contribution in [2.75, 3.05) is 14.2 Å². The van der Waals surface area contributed by atoms with E-state index in [9.17, 15) is 4.39 Å². The molecule has 1 unspecified atom stereocenters. The van der Waals surface area contributed by atoms with Crippen LogP contribution in [0.25, 0.3) is 0 Å². The molecule has 0 radical (unpaired) electrons. The van der Waals surface area contributed by atoms with Gasteiger partial charge in [-0.1, -0.05) is 39.7 Å². The Hall–Kier alpha value is -1.10. The van der Waals surface area contributed by atoms with Crippen LogP contribution < -0.4 is 10.1 Å². The fourth-order valence-corrected chi connectivity index (χ4v) is 2.77. The second kappa shape index (κ2) is 6.57. The number of hydrogen-bond donors (Lipinski definition) is 1. The average Bonchev–Trinajstić information content (AvgIpc) is 2.45. The molecule has 106 valence electrons. The molecule has 0 aliphatic heterocycles. The van der Waals surface area contributed by atoms with Crippen molar-refractivity contribution in [1.82, 2.24) is 5.32 Å². The van der Waals surface area contributed by atoms with Gasteiger partial charge < -0.3 is 10.1 Å². The van der Waals surface area contributed by atoms with Gasteiger partial charge >= 0.3 is 0 Å². The summed E-state index contributed by atoms with van der Waals surface area (Å²) in [5, 5.41) is 3.30. The molecule has 0 heterocycles. The van der Waals surface area contributed by atoms with Crippen molar-refractivity contribution in [2.24, 2.45) is 0 Å². The molecule has 2 nitrogen and oxygen atoms in total. The fourth-order valence-electron chi connectivity index (χ4n) is 2.06. The maximum absolute atomic E-state index is 13.6. The maximum atomic E-state index is 13.6. The predicted molar refractivity (Wildman–Crippen MR) is 83.0 cm³/mol. The molecule has 0 saturated carbocycles. The van der Waals surface area contributed by atoms with Gasteiger partial charge in [-0.3, -0.25) is 0 Å². The number of benzene rings is 2. The van der Waals surface area contributed by atoms with Crippen LogP contribution in [0.5, 0.6) is 5.75 Å². The second-order valence-corrected chi connectivity index (χ2v) is 5.54. The zero-order valence-electron chi connectivity index (χ0n) is 11.1. The molecule has 0 fully saturated rings. The lowest BCUT2D eigenvalue weighted by molar-refractivity contribution is 0.414. The average molecular weight is 359 g/mol. The van der Waals surface area contributed by atoms with Gasteiger partial charge in [0.15, 0.2) is 0 Å². The van der Waals surface area contributed by atoms with Crippen molar-refractivity contribution in [2.45, 2.75) is 6.04 Å². The van der Waals surface area contributed by atoms with Crippen LogP contribution in [0, 0.1) is 5.82 Å².